The molecule has 0 aliphatic heterocycles. The molecule has 0 unspecified atom stereocenters. The van der Waals surface area contributed by atoms with Crippen molar-refractivity contribution < 1.29 is 34.8 Å². The predicted molar refractivity (Wildman–Crippen MR) is 208 cm³/mol. The van der Waals surface area contributed by atoms with Crippen molar-refractivity contribution in [3.63, 3.8) is 0 Å². The molecule has 0 saturated carbocycles. The maximum absolute atomic E-state index is 13.2. The lowest BCUT2D eigenvalue weighted by atomic mass is 10.1. The maximum Gasteiger partial charge on any atom is 0.339 e. The van der Waals surface area contributed by atoms with Crippen molar-refractivity contribution >= 4 is 76.6 Å². The fourth-order valence-corrected chi connectivity index (χ4v) is 7.99. The molecule has 4 amide bonds. The lowest BCUT2D eigenvalue weighted by molar-refractivity contribution is 0.261. The Morgan fingerprint density at radius 3 is 1.22 bits per heavy atom. The van der Waals surface area contributed by atoms with E-state index >= 15 is 0 Å². The van der Waals surface area contributed by atoms with Crippen LogP contribution >= 0.6 is 0 Å². The van der Waals surface area contributed by atoms with E-state index in [2.05, 4.69) is 21.3 Å². The van der Waals surface area contributed by atoms with E-state index < -0.39 is 32.3 Å². The number of urea groups is 2. The van der Waals surface area contributed by atoms with Crippen LogP contribution in [-0.4, -0.2) is 28.9 Å². The minimum Gasteiger partial charge on any atom is -0.379 e. The molecule has 0 heterocycles. The highest BCUT2D eigenvalue weighted by Crippen LogP contribution is 2.30. The number of hydrogen-bond donors (Lipinski definition) is 4. The van der Waals surface area contributed by atoms with Gasteiger partial charge in [0.25, 0.3) is 0 Å². The Hall–Kier alpha value is -6.90. The minimum absolute atomic E-state index is 0.00993. The summed E-state index contributed by atoms with van der Waals surface area (Å²) in [5.41, 5.74) is 0.973. The van der Waals surface area contributed by atoms with Crippen molar-refractivity contribution in [2.24, 2.45) is 0 Å². The van der Waals surface area contributed by atoms with Crippen molar-refractivity contribution in [3.05, 3.63) is 158 Å². The van der Waals surface area contributed by atoms with E-state index in [0.717, 1.165) is 10.8 Å². The van der Waals surface area contributed by atoms with E-state index in [-0.39, 0.29) is 44.0 Å². The van der Waals surface area contributed by atoms with Crippen LogP contribution in [0.3, 0.4) is 0 Å². The number of hydrogen-bond acceptors (Lipinski definition) is 8. The molecule has 0 aromatic heterocycles. The lowest BCUT2D eigenvalue weighted by Crippen LogP contribution is -2.23. The molecule has 0 fully saturated rings. The molecule has 0 aliphatic carbocycles. The number of carbonyl (C=O) groups is 2. The molecule has 0 saturated heterocycles. The summed E-state index contributed by atoms with van der Waals surface area (Å²) in [6, 6.07) is 40.8. The molecule has 7 rings (SSSR count). The number of nitrogens with one attached hydrogen (secondary N) is 4. The summed E-state index contributed by atoms with van der Waals surface area (Å²) in [5.74, 6) is -0.0276. The lowest BCUT2D eigenvalue weighted by Gasteiger charge is -2.14. The highest BCUT2D eigenvalue weighted by atomic mass is 32.2. The topological polar surface area (TPSA) is 169 Å². The Kier molecular flexibility index (Phi) is 9.85. The molecular formula is C40H30N4O8S2. The first-order valence-corrected chi connectivity index (χ1v) is 19.2. The third-order valence-electron chi connectivity index (χ3n) is 8.06. The van der Waals surface area contributed by atoms with Crippen molar-refractivity contribution in [2.75, 3.05) is 21.3 Å². The second kappa shape index (κ2) is 15.0. The number of para-hydroxylation sites is 2. The van der Waals surface area contributed by atoms with Gasteiger partial charge in [-0.2, -0.15) is 16.8 Å². The van der Waals surface area contributed by atoms with Gasteiger partial charge in [0.2, 0.25) is 0 Å². The second-order valence-corrected chi connectivity index (χ2v) is 14.8. The van der Waals surface area contributed by atoms with Crippen LogP contribution in [0.2, 0.25) is 0 Å². The summed E-state index contributed by atoms with van der Waals surface area (Å²) in [6.45, 7) is 0. The number of fused-ring (bicyclic) bond motifs is 2. The molecule has 54 heavy (non-hydrogen) atoms. The van der Waals surface area contributed by atoms with Gasteiger partial charge in [-0.05, 0) is 59.3 Å². The molecule has 7 aromatic rings. The maximum atomic E-state index is 13.2. The van der Waals surface area contributed by atoms with Crippen LogP contribution in [0.15, 0.2) is 168 Å². The quantitative estimate of drug-likeness (QED) is 0.100. The molecule has 12 nitrogen and oxygen atoms in total. The molecule has 0 atom stereocenters. The SMILES string of the molecule is O=C(Nc1cccc(OS(=O)(=O)c2cccc3ccccc23)c1)Nc1ccccc1NC(=O)Nc1cccc(OS(=O)(=O)c2cccc3ccccc23)c1. The van der Waals surface area contributed by atoms with Crippen molar-refractivity contribution in [1.82, 2.24) is 0 Å². The fraction of sp³-hybridized carbons (Fsp3) is 0. The van der Waals surface area contributed by atoms with Gasteiger partial charge >= 0.3 is 32.3 Å². The van der Waals surface area contributed by atoms with Crippen LogP contribution in [0.1, 0.15) is 0 Å². The molecule has 0 aliphatic rings. The van der Waals surface area contributed by atoms with Crippen LogP contribution in [0.5, 0.6) is 11.5 Å². The van der Waals surface area contributed by atoms with Gasteiger partial charge in [-0.1, -0.05) is 97.1 Å². The number of carbonyl (C=O) groups excluding carboxylic acids is 2. The van der Waals surface area contributed by atoms with Crippen LogP contribution in [0.25, 0.3) is 21.5 Å². The van der Waals surface area contributed by atoms with E-state index in [1.165, 1.54) is 48.5 Å². The van der Waals surface area contributed by atoms with Crippen LogP contribution < -0.4 is 29.6 Å². The van der Waals surface area contributed by atoms with Gasteiger partial charge in [-0.3, -0.25) is 0 Å². The smallest absolute Gasteiger partial charge is 0.339 e. The summed E-state index contributed by atoms with van der Waals surface area (Å²) in [6.07, 6.45) is 0. The molecule has 270 valence electrons. The highest BCUT2D eigenvalue weighted by Gasteiger charge is 2.21. The standard InChI is InChI=1S/C40H30N4O8S2/c45-39(41-29-15-9-17-31(25-29)51-53(47,48)37-23-7-13-27-11-1-3-19-33(27)37)43-35-21-5-6-22-36(35)44-40(46)42-30-16-10-18-32(26-30)52-54(49,50)38-24-8-14-28-12-2-4-20-34(28)38/h1-26H,(H2,41,43,45)(H2,42,44,46). The van der Waals surface area contributed by atoms with E-state index in [4.69, 9.17) is 8.37 Å². The monoisotopic (exact) mass is 758 g/mol. The first kappa shape index (κ1) is 35.5. The predicted octanol–water partition coefficient (Wildman–Crippen LogP) is 8.82. The normalized spacial score (nSPS) is 11.4. The Morgan fingerprint density at radius 1 is 0.407 bits per heavy atom. The van der Waals surface area contributed by atoms with Crippen molar-refractivity contribution in [1.29, 1.82) is 0 Å². The number of amides is 4. The molecular weight excluding hydrogens is 729 g/mol. The summed E-state index contributed by atoms with van der Waals surface area (Å²) < 4.78 is 63.7. The van der Waals surface area contributed by atoms with Gasteiger partial charge < -0.3 is 29.6 Å². The first-order chi connectivity index (χ1) is 26.0. The van der Waals surface area contributed by atoms with E-state index in [1.54, 1.807) is 97.1 Å². The molecule has 14 heteroatoms. The molecule has 4 N–H and O–H groups in total. The average Bonchev–Trinajstić information content (AvgIpc) is 3.15. The summed E-state index contributed by atoms with van der Waals surface area (Å²) in [5, 5.41) is 13.1. The zero-order valence-electron chi connectivity index (χ0n) is 28.1. The second-order valence-electron chi connectivity index (χ2n) is 11.8. The molecule has 7 aromatic carbocycles. The van der Waals surface area contributed by atoms with Crippen molar-refractivity contribution in [3.8, 4) is 11.5 Å². The van der Waals surface area contributed by atoms with Gasteiger partial charge in [0.05, 0.1) is 11.4 Å². The van der Waals surface area contributed by atoms with Crippen LogP contribution in [-0.2, 0) is 20.2 Å². The van der Waals surface area contributed by atoms with E-state index in [1.807, 2.05) is 12.1 Å². The van der Waals surface area contributed by atoms with Gasteiger partial charge in [0, 0.05) is 34.3 Å². The van der Waals surface area contributed by atoms with E-state index in [9.17, 15) is 26.4 Å². The van der Waals surface area contributed by atoms with Gasteiger partial charge in [0.15, 0.2) is 0 Å². The Balaban J connectivity index is 0.985. The minimum atomic E-state index is -4.21. The number of benzene rings is 7. The molecule has 0 radical (unpaired) electrons. The highest BCUT2D eigenvalue weighted by molar-refractivity contribution is 7.87. The summed E-state index contributed by atoms with van der Waals surface area (Å²) in [7, 11) is -8.42. The van der Waals surface area contributed by atoms with Gasteiger partial charge in [0.1, 0.15) is 21.3 Å². The third kappa shape index (κ3) is 8.09. The third-order valence-corrected chi connectivity index (χ3v) is 10.7. The average molecular weight is 759 g/mol. The van der Waals surface area contributed by atoms with Crippen LogP contribution in [0.4, 0.5) is 32.3 Å². The molecule has 0 bridgehead atoms. The largest absolute Gasteiger partial charge is 0.379 e. The summed E-state index contributed by atoms with van der Waals surface area (Å²) >= 11 is 0. The Morgan fingerprint density at radius 2 is 0.778 bits per heavy atom. The zero-order valence-corrected chi connectivity index (χ0v) is 29.7. The fourth-order valence-electron chi connectivity index (χ4n) is 5.69. The summed E-state index contributed by atoms with van der Waals surface area (Å²) in [4.78, 5) is 26.1. The van der Waals surface area contributed by atoms with Crippen LogP contribution in [0, 0.1) is 0 Å². The van der Waals surface area contributed by atoms with E-state index in [0.29, 0.717) is 10.8 Å². The number of rotatable bonds is 10. The zero-order chi connectivity index (χ0) is 37.7. The Bertz CT molecular complexity index is 2580. The first-order valence-electron chi connectivity index (χ1n) is 16.3. The van der Waals surface area contributed by atoms with Gasteiger partial charge in [-0.15, -0.1) is 0 Å². The Labute approximate surface area is 310 Å². The molecule has 0 spiro atoms. The van der Waals surface area contributed by atoms with Gasteiger partial charge in [-0.25, -0.2) is 9.59 Å². The number of anilines is 4. The van der Waals surface area contributed by atoms with Crippen molar-refractivity contribution in [2.45, 2.75) is 9.79 Å².